The van der Waals surface area contributed by atoms with Crippen molar-refractivity contribution in [3.8, 4) is 5.75 Å². The van der Waals surface area contributed by atoms with Crippen molar-refractivity contribution < 1.29 is 9.53 Å². The number of nitrogen functional groups attached to an aromatic ring is 1. The van der Waals surface area contributed by atoms with E-state index in [1.165, 1.54) is 16.4 Å². The number of amides is 1. The van der Waals surface area contributed by atoms with Crippen molar-refractivity contribution >= 4 is 23.4 Å². The molecule has 1 heterocycles. The molecule has 7 nitrogen and oxygen atoms in total. The molecule has 0 saturated carbocycles. The lowest BCUT2D eigenvalue weighted by Gasteiger charge is -2.07. The fourth-order valence-corrected chi connectivity index (χ4v) is 2.71. The topological polar surface area (TPSA) is 95.1 Å². The van der Waals surface area contributed by atoms with Gasteiger partial charge in [-0.15, -0.1) is 10.2 Å². The second kappa shape index (κ2) is 9.17. The Bertz CT molecular complexity index is 657. The van der Waals surface area contributed by atoms with Gasteiger partial charge in [-0.2, -0.15) is 0 Å². The normalized spacial score (nSPS) is 10.6. The zero-order chi connectivity index (χ0) is 17.4. The van der Waals surface area contributed by atoms with Gasteiger partial charge in [-0.05, 0) is 37.6 Å². The number of rotatable bonds is 9. The van der Waals surface area contributed by atoms with E-state index in [1.54, 1.807) is 0 Å². The summed E-state index contributed by atoms with van der Waals surface area (Å²) in [5.41, 5.74) is 0.724. The standard InChI is InChI=1S/C16H23N5O2S/c1-3-5-6-14-19-20-16(21(14)17)24-11-15(22)18-12-7-9-13(10-8-12)23-4-2/h7-10H,3-6,11,17H2,1-2H3,(H,18,22). The maximum absolute atomic E-state index is 12.0. The number of ether oxygens (including phenoxy) is 1. The van der Waals surface area contributed by atoms with Gasteiger partial charge in [0.25, 0.3) is 0 Å². The van der Waals surface area contributed by atoms with Gasteiger partial charge < -0.3 is 15.9 Å². The van der Waals surface area contributed by atoms with Crippen molar-refractivity contribution in [2.45, 2.75) is 38.3 Å². The molecule has 130 valence electrons. The summed E-state index contributed by atoms with van der Waals surface area (Å²) in [6, 6.07) is 7.26. The molecule has 3 N–H and O–H groups in total. The number of nitrogens with two attached hydrogens (primary N) is 1. The molecule has 8 heteroatoms. The largest absolute Gasteiger partial charge is 0.494 e. The number of aromatic nitrogens is 3. The van der Waals surface area contributed by atoms with Crippen LogP contribution in [-0.4, -0.2) is 33.1 Å². The molecule has 0 bridgehead atoms. The number of nitrogens with zero attached hydrogens (tertiary/aromatic N) is 3. The molecular weight excluding hydrogens is 326 g/mol. The van der Waals surface area contributed by atoms with Crippen LogP contribution in [0.1, 0.15) is 32.5 Å². The third kappa shape index (κ3) is 5.16. The zero-order valence-corrected chi connectivity index (χ0v) is 14.8. The van der Waals surface area contributed by atoms with Gasteiger partial charge in [0, 0.05) is 12.1 Å². The predicted octanol–water partition coefficient (Wildman–Crippen LogP) is 2.46. The van der Waals surface area contributed by atoms with Crippen LogP contribution in [0.4, 0.5) is 5.69 Å². The van der Waals surface area contributed by atoms with Crippen LogP contribution in [0, 0.1) is 0 Å². The van der Waals surface area contributed by atoms with Gasteiger partial charge >= 0.3 is 0 Å². The van der Waals surface area contributed by atoms with Crippen molar-refractivity contribution in [1.29, 1.82) is 0 Å². The lowest BCUT2D eigenvalue weighted by Crippen LogP contribution is -2.17. The van der Waals surface area contributed by atoms with Crippen LogP contribution >= 0.6 is 11.8 Å². The number of anilines is 1. The molecule has 0 atom stereocenters. The highest BCUT2D eigenvalue weighted by molar-refractivity contribution is 7.99. The van der Waals surface area contributed by atoms with E-state index in [-0.39, 0.29) is 11.7 Å². The molecule has 0 spiro atoms. The molecule has 0 saturated heterocycles. The van der Waals surface area contributed by atoms with Gasteiger partial charge in [0.05, 0.1) is 12.4 Å². The number of carbonyl (C=O) groups excluding carboxylic acids is 1. The summed E-state index contributed by atoms with van der Waals surface area (Å²) in [5, 5.41) is 11.5. The summed E-state index contributed by atoms with van der Waals surface area (Å²) >= 11 is 1.27. The fourth-order valence-electron chi connectivity index (χ4n) is 2.04. The number of hydrogen-bond acceptors (Lipinski definition) is 6. The number of carbonyl (C=O) groups is 1. The van der Waals surface area contributed by atoms with Gasteiger partial charge in [-0.1, -0.05) is 25.1 Å². The van der Waals surface area contributed by atoms with Gasteiger partial charge in [0.2, 0.25) is 11.1 Å². The molecule has 0 unspecified atom stereocenters. The van der Waals surface area contributed by atoms with Gasteiger partial charge in [0.1, 0.15) is 5.75 Å². The number of aryl methyl sites for hydroxylation is 1. The van der Waals surface area contributed by atoms with Crippen LogP contribution in [0.25, 0.3) is 0 Å². The van der Waals surface area contributed by atoms with E-state index in [0.717, 1.165) is 36.5 Å². The third-order valence-corrected chi connectivity index (χ3v) is 4.21. The van der Waals surface area contributed by atoms with Crippen LogP contribution in [0.3, 0.4) is 0 Å². The molecule has 0 radical (unpaired) electrons. The number of benzene rings is 1. The lowest BCUT2D eigenvalue weighted by atomic mass is 10.2. The maximum atomic E-state index is 12.0. The van der Waals surface area contributed by atoms with E-state index in [0.29, 0.717) is 11.8 Å². The van der Waals surface area contributed by atoms with Crippen molar-refractivity contribution in [2.75, 3.05) is 23.5 Å². The van der Waals surface area contributed by atoms with Gasteiger partial charge in [0.15, 0.2) is 5.82 Å². The molecular formula is C16H23N5O2S. The van der Waals surface area contributed by atoms with Crippen LogP contribution in [0.2, 0.25) is 0 Å². The summed E-state index contributed by atoms with van der Waals surface area (Å²) in [7, 11) is 0. The molecule has 0 aliphatic rings. The Kier molecular flexibility index (Phi) is 6.92. The average Bonchev–Trinajstić information content (AvgIpc) is 2.93. The van der Waals surface area contributed by atoms with Crippen LogP contribution in [0.15, 0.2) is 29.4 Å². The summed E-state index contributed by atoms with van der Waals surface area (Å²) in [6.45, 7) is 4.65. The molecule has 0 aliphatic heterocycles. The number of hydrogen-bond donors (Lipinski definition) is 2. The van der Waals surface area contributed by atoms with E-state index in [2.05, 4.69) is 22.4 Å². The van der Waals surface area contributed by atoms with E-state index in [4.69, 9.17) is 10.6 Å². The van der Waals surface area contributed by atoms with E-state index in [1.807, 2.05) is 31.2 Å². The maximum Gasteiger partial charge on any atom is 0.234 e. The molecule has 1 aromatic carbocycles. The zero-order valence-electron chi connectivity index (χ0n) is 14.0. The Labute approximate surface area is 145 Å². The number of nitrogens with one attached hydrogen (secondary N) is 1. The van der Waals surface area contributed by atoms with E-state index >= 15 is 0 Å². The summed E-state index contributed by atoms with van der Waals surface area (Å²) in [6.07, 6.45) is 2.87. The Morgan fingerprint density at radius 2 is 2.04 bits per heavy atom. The van der Waals surface area contributed by atoms with Gasteiger partial charge in [-0.3, -0.25) is 4.79 Å². The first-order valence-electron chi connectivity index (χ1n) is 7.99. The molecule has 0 fully saturated rings. The second-order valence-electron chi connectivity index (χ2n) is 5.17. The Balaban J connectivity index is 1.83. The first-order chi connectivity index (χ1) is 11.6. The van der Waals surface area contributed by atoms with Crippen molar-refractivity contribution in [1.82, 2.24) is 14.9 Å². The van der Waals surface area contributed by atoms with Crippen LogP contribution in [0.5, 0.6) is 5.75 Å². The minimum Gasteiger partial charge on any atom is -0.494 e. The Hall–Kier alpha value is -2.22. The number of thioether (sulfide) groups is 1. The summed E-state index contributed by atoms with van der Waals surface area (Å²) in [4.78, 5) is 12.0. The molecule has 24 heavy (non-hydrogen) atoms. The van der Waals surface area contributed by atoms with Gasteiger partial charge in [-0.25, -0.2) is 4.68 Å². The monoisotopic (exact) mass is 349 g/mol. The molecule has 0 aliphatic carbocycles. The Morgan fingerprint density at radius 1 is 1.29 bits per heavy atom. The molecule has 1 amide bonds. The quantitative estimate of drug-likeness (QED) is 0.533. The highest BCUT2D eigenvalue weighted by atomic mass is 32.2. The SMILES string of the molecule is CCCCc1nnc(SCC(=O)Nc2ccc(OCC)cc2)n1N. The summed E-state index contributed by atoms with van der Waals surface area (Å²) in [5.74, 6) is 7.57. The van der Waals surface area contributed by atoms with Crippen LogP contribution in [-0.2, 0) is 11.2 Å². The fraction of sp³-hybridized carbons (Fsp3) is 0.438. The predicted molar refractivity (Wildman–Crippen MR) is 95.7 cm³/mol. The highest BCUT2D eigenvalue weighted by Gasteiger charge is 2.12. The minimum atomic E-state index is -0.123. The second-order valence-corrected chi connectivity index (χ2v) is 6.11. The van der Waals surface area contributed by atoms with Crippen molar-refractivity contribution in [3.05, 3.63) is 30.1 Å². The Morgan fingerprint density at radius 3 is 2.71 bits per heavy atom. The molecule has 1 aromatic heterocycles. The lowest BCUT2D eigenvalue weighted by molar-refractivity contribution is -0.113. The first-order valence-corrected chi connectivity index (χ1v) is 8.97. The molecule has 2 rings (SSSR count). The van der Waals surface area contributed by atoms with Crippen molar-refractivity contribution in [3.63, 3.8) is 0 Å². The highest BCUT2D eigenvalue weighted by Crippen LogP contribution is 2.18. The molecule has 2 aromatic rings. The van der Waals surface area contributed by atoms with Crippen LogP contribution < -0.4 is 15.9 Å². The van der Waals surface area contributed by atoms with E-state index in [9.17, 15) is 4.79 Å². The average molecular weight is 349 g/mol. The smallest absolute Gasteiger partial charge is 0.234 e. The first kappa shape index (κ1) is 18.1. The third-order valence-electron chi connectivity index (χ3n) is 3.27. The summed E-state index contributed by atoms with van der Waals surface area (Å²) < 4.78 is 6.83. The minimum absolute atomic E-state index is 0.123. The number of unbranched alkanes of at least 4 members (excludes halogenated alkanes) is 1. The van der Waals surface area contributed by atoms with E-state index < -0.39 is 0 Å². The van der Waals surface area contributed by atoms with Crippen molar-refractivity contribution in [2.24, 2.45) is 0 Å².